The molecule has 0 rings (SSSR count). The van der Waals surface area contributed by atoms with Crippen LogP contribution in [0.5, 0.6) is 0 Å². The predicted octanol–water partition coefficient (Wildman–Crippen LogP) is 11.8. The van der Waals surface area contributed by atoms with Gasteiger partial charge in [0.15, 0.2) is 5.78 Å². The van der Waals surface area contributed by atoms with E-state index in [4.69, 9.17) is 0 Å². The molecule has 0 radical (unpaired) electrons. The smallest absolute Gasteiger partial charge is 0.430 e. The fraction of sp³-hybridized carbons (Fsp3) is 0.923. The largest absolute Gasteiger partial charge is 0.479 e. The molecule has 0 fully saturated rings. The zero-order chi connectivity index (χ0) is 35.7. The molecule has 282 valence electrons. The van der Waals surface area contributed by atoms with Gasteiger partial charge in [0, 0.05) is 12.8 Å². The number of carboxylic acids is 1. The second-order valence-corrected chi connectivity index (χ2v) is 15.0. The van der Waals surface area contributed by atoms with Gasteiger partial charge in [-0.15, -0.1) is 0 Å². The Hall–Kier alpha value is -1.53. The molecule has 0 aromatic carbocycles. The van der Waals surface area contributed by atoms with Crippen molar-refractivity contribution in [1.29, 1.82) is 0 Å². The highest BCUT2D eigenvalue weighted by atomic mass is 31.1. The average molecular weight is 700 g/mol. The normalized spacial score (nSPS) is 12.6. The predicted molar refractivity (Wildman–Crippen MR) is 197 cm³/mol. The first-order valence-corrected chi connectivity index (χ1v) is 21.3. The Morgan fingerprint density at radius 1 is 0.479 bits per heavy atom. The lowest BCUT2D eigenvalue weighted by Gasteiger charge is -2.32. The highest BCUT2D eigenvalue weighted by Gasteiger charge is 2.54. The van der Waals surface area contributed by atoms with E-state index in [2.05, 4.69) is 13.8 Å². The van der Waals surface area contributed by atoms with Gasteiger partial charge in [-0.25, -0.2) is 18.6 Å². The maximum absolute atomic E-state index is 13.1. The van der Waals surface area contributed by atoms with Gasteiger partial charge in [-0.1, -0.05) is 194 Å². The summed E-state index contributed by atoms with van der Waals surface area (Å²) in [6, 6.07) is 0. The van der Waals surface area contributed by atoms with Gasteiger partial charge in [0.25, 0.3) is 0 Å². The van der Waals surface area contributed by atoms with Crippen LogP contribution < -0.4 is 0 Å². The number of amides is 1. The highest BCUT2D eigenvalue weighted by molar-refractivity contribution is 7.29. The average Bonchev–Trinajstić information content (AvgIpc) is 3.06. The molecular formula is C39H74NO7P. The summed E-state index contributed by atoms with van der Waals surface area (Å²) in [7, 11) is -3.72. The van der Waals surface area contributed by atoms with Gasteiger partial charge in [0.2, 0.25) is 11.4 Å². The molecule has 0 aromatic heterocycles. The monoisotopic (exact) mass is 700 g/mol. The van der Waals surface area contributed by atoms with E-state index in [1.807, 2.05) is 0 Å². The molecule has 2 N–H and O–H groups in total. The molecule has 1 amide bonds. The van der Waals surface area contributed by atoms with E-state index in [-0.39, 0.29) is 17.5 Å². The summed E-state index contributed by atoms with van der Waals surface area (Å²) < 4.78 is 24.4. The minimum Gasteiger partial charge on any atom is -0.479 e. The SMILES string of the molecule is CCCCCCCCCCCCCCCCCC(=O)N(P(=O)=O)C(CO)(C(=O)O)C(=O)CCCCCCCCCCCCCCCCC. The van der Waals surface area contributed by atoms with Crippen molar-refractivity contribution in [3.63, 3.8) is 0 Å². The minimum atomic E-state index is -3.72. The molecule has 0 aliphatic rings. The quantitative estimate of drug-likeness (QED) is 0.0375. The van der Waals surface area contributed by atoms with Crippen molar-refractivity contribution in [2.45, 2.75) is 225 Å². The van der Waals surface area contributed by atoms with Crippen LogP contribution in [0.4, 0.5) is 0 Å². The topological polar surface area (TPSA) is 129 Å². The zero-order valence-electron chi connectivity index (χ0n) is 31.2. The van der Waals surface area contributed by atoms with Crippen molar-refractivity contribution >= 4 is 25.5 Å². The summed E-state index contributed by atoms with van der Waals surface area (Å²) >= 11 is 0. The summed E-state index contributed by atoms with van der Waals surface area (Å²) in [5.74, 6) is -3.68. The summed E-state index contributed by atoms with van der Waals surface area (Å²) in [4.78, 5) is 38.4. The third-order valence-corrected chi connectivity index (χ3v) is 10.7. The van der Waals surface area contributed by atoms with Gasteiger partial charge >= 0.3 is 13.8 Å². The van der Waals surface area contributed by atoms with Gasteiger partial charge in [-0.2, -0.15) is 0 Å². The highest BCUT2D eigenvalue weighted by Crippen LogP contribution is 2.32. The number of hydrogen-bond donors (Lipinski definition) is 2. The van der Waals surface area contributed by atoms with Crippen molar-refractivity contribution in [1.82, 2.24) is 4.67 Å². The van der Waals surface area contributed by atoms with Crippen LogP contribution in [0.1, 0.15) is 219 Å². The van der Waals surface area contributed by atoms with Crippen LogP contribution in [0.2, 0.25) is 0 Å². The van der Waals surface area contributed by atoms with E-state index in [0.717, 1.165) is 44.9 Å². The van der Waals surface area contributed by atoms with E-state index in [1.54, 1.807) is 0 Å². The number of unbranched alkanes of at least 4 members (excludes halogenated alkanes) is 28. The maximum atomic E-state index is 13.1. The zero-order valence-corrected chi connectivity index (χ0v) is 32.1. The molecule has 0 aliphatic heterocycles. The third-order valence-electron chi connectivity index (χ3n) is 9.81. The Bertz CT molecular complexity index is 870. The van der Waals surface area contributed by atoms with E-state index in [9.17, 15) is 33.7 Å². The number of nitrogens with zero attached hydrogens (tertiary/aromatic N) is 1. The number of carbonyl (C=O) groups is 3. The van der Waals surface area contributed by atoms with Crippen LogP contribution in [0.15, 0.2) is 0 Å². The Morgan fingerprint density at radius 2 is 0.750 bits per heavy atom. The van der Waals surface area contributed by atoms with Crippen LogP contribution in [0.3, 0.4) is 0 Å². The van der Waals surface area contributed by atoms with Gasteiger partial charge in [0.05, 0.1) is 6.61 Å². The summed E-state index contributed by atoms with van der Waals surface area (Å²) in [6.45, 7) is 3.21. The van der Waals surface area contributed by atoms with E-state index in [0.29, 0.717) is 19.3 Å². The molecule has 0 bridgehead atoms. The first-order chi connectivity index (χ1) is 23.3. The summed E-state index contributed by atoms with van der Waals surface area (Å²) in [5, 5.41) is 20.0. The molecule has 1 atom stereocenters. The van der Waals surface area contributed by atoms with Crippen LogP contribution >= 0.6 is 7.83 Å². The number of aliphatic carboxylic acids is 1. The number of ketones is 1. The van der Waals surface area contributed by atoms with Gasteiger partial charge in [0.1, 0.15) is 0 Å². The van der Waals surface area contributed by atoms with Gasteiger partial charge < -0.3 is 10.2 Å². The van der Waals surface area contributed by atoms with Crippen molar-refractivity contribution in [2.75, 3.05) is 6.61 Å². The fourth-order valence-electron chi connectivity index (χ4n) is 6.61. The molecular weight excluding hydrogens is 625 g/mol. The van der Waals surface area contributed by atoms with Crippen molar-refractivity contribution in [3.8, 4) is 0 Å². The molecule has 0 saturated heterocycles. The van der Waals surface area contributed by atoms with Crippen LogP contribution in [-0.4, -0.2) is 44.7 Å². The molecule has 9 heteroatoms. The number of aliphatic hydroxyl groups excluding tert-OH is 1. The molecule has 0 aromatic rings. The van der Waals surface area contributed by atoms with Crippen LogP contribution in [0.25, 0.3) is 0 Å². The van der Waals surface area contributed by atoms with Gasteiger partial charge in [-0.3, -0.25) is 9.59 Å². The van der Waals surface area contributed by atoms with Gasteiger partial charge in [-0.05, 0) is 12.8 Å². The van der Waals surface area contributed by atoms with Crippen molar-refractivity contribution < 1.29 is 33.7 Å². The minimum absolute atomic E-state index is 0.127. The lowest BCUT2D eigenvalue weighted by Crippen LogP contribution is -2.61. The van der Waals surface area contributed by atoms with Crippen LogP contribution in [0, 0.1) is 0 Å². The second kappa shape index (κ2) is 32.7. The molecule has 0 heterocycles. The lowest BCUT2D eigenvalue weighted by molar-refractivity contribution is -0.162. The number of hydrogen-bond acceptors (Lipinski definition) is 6. The van der Waals surface area contributed by atoms with Crippen LogP contribution in [-0.2, 0) is 23.5 Å². The molecule has 0 saturated carbocycles. The molecule has 0 aliphatic carbocycles. The Labute approximate surface area is 294 Å². The molecule has 48 heavy (non-hydrogen) atoms. The van der Waals surface area contributed by atoms with Crippen molar-refractivity contribution in [2.24, 2.45) is 0 Å². The molecule has 0 spiro atoms. The molecule has 1 unspecified atom stereocenters. The summed E-state index contributed by atoms with van der Waals surface area (Å²) in [5.41, 5.74) is -2.79. The number of Topliss-reactive ketones (excluding diaryl/α,β-unsaturated/α-hetero) is 1. The van der Waals surface area contributed by atoms with E-state index >= 15 is 0 Å². The first-order valence-electron chi connectivity index (χ1n) is 20.1. The summed E-state index contributed by atoms with van der Waals surface area (Å²) in [6.07, 6.45) is 34.0. The number of carbonyl (C=O) groups excluding carboxylic acids is 2. The van der Waals surface area contributed by atoms with Crippen molar-refractivity contribution in [3.05, 3.63) is 0 Å². The number of rotatable bonds is 37. The number of carboxylic acid groups (broad SMARTS) is 1. The lowest BCUT2D eigenvalue weighted by atomic mass is 9.90. The van der Waals surface area contributed by atoms with E-state index < -0.39 is 37.6 Å². The third kappa shape index (κ3) is 22.2. The first kappa shape index (κ1) is 46.5. The number of aliphatic hydroxyl groups is 1. The fourth-order valence-corrected chi connectivity index (χ4v) is 7.43. The maximum Gasteiger partial charge on any atom is 0.430 e. The Balaban J connectivity index is 4.33. The Morgan fingerprint density at radius 3 is 1.00 bits per heavy atom. The molecule has 8 nitrogen and oxygen atoms in total. The second-order valence-electron chi connectivity index (χ2n) is 14.1. The Kier molecular flexibility index (Phi) is 31.6. The standard InChI is InChI=1S/C39H74NO7P/c1-3-5-7-9-11-13-15-17-19-21-23-25-27-29-31-33-36(42)39(35-41,38(44)45)40(48(46)47)37(43)34-32-30-28-26-24-22-20-18-16-14-12-10-8-6-4-2/h41H,3-35H2,1-2H3,(H,44,45). The van der Waals surface area contributed by atoms with E-state index in [1.165, 1.54) is 128 Å².